The third-order valence-electron chi connectivity index (χ3n) is 8.93. The van der Waals surface area contributed by atoms with Gasteiger partial charge in [0.05, 0.1) is 0 Å². The molecule has 0 atom stereocenters. The van der Waals surface area contributed by atoms with Crippen LogP contribution in [0.2, 0.25) is 0 Å². The predicted molar refractivity (Wildman–Crippen MR) is 149 cm³/mol. The number of rotatable bonds is 7. The lowest BCUT2D eigenvalue weighted by Gasteiger charge is -2.37. The summed E-state index contributed by atoms with van der Waals surface area (Å²) in [6.45, 7) is 3.66. The Morgan fingerprint density at radius 1 is 0.667 bits per heavy atom. The summed E-state index contributed by atoms with van der Waals surface area (Å²) in [6.07, 6.45) is 10.9. The molecule has 202 valence electrons. The van der Waals surface area contributed by atoms with E-state index >= 15 is 8.78 Å². The molecule has 39 heavy (non-hydrogen) atoms. The van der Waals surface area contributed by atoms with E-state index in [0.717, 1.165) is 31.6 Å². The summed E-state index contributed by atoms with van der Waals surface area (Å²) >= 11 is 0. The number of halogens is 4. The Hall–Kier alpha value is -3.02. The number of ether oxygens (including phenoxy) is 1. The molecule has 0 aliphatic heterocycles. The highest BCUT2D eigenvalue weighted by molar-refractivity contribution is 6.08. The Balaban J connectivity index is 1.28. The second-order valence-corrected chi connectivity index (χ2v) is 11.0. The Bertz CT molecular complexity index is 1310. The van der Waals surface area contributed by atoms with E-state index in [1.54, 1.807) is 36.4 Å². The summed E-state index contributed by atoms with van der Waals surface area (Å²) in [5.74, 6) is -2.00. The molecular formula is C33H33BF4O. The van der Waals surface area contributed by atoms with Gasteiger partial charge in [-0.2, -0.15) is 4.39 Å². The molecule has 0 spiro atoms. The van der Waals surface area contributed by atoms with Crippen LogP contribution < -0.4 is 4.74 Å². The van der Waals surface area contributed by atoms with E-state index in [0.29, 0.717) is 28.5 Å². The zero-order valence-electron chi connectivity index (χ0n) is 22.1. The normalized spacial score (nSPS) is 23.4. The van der Waals surface area contributed by atoms with Crippen LogP contribution in [0.15, 0.2) is 61.2 Å². The first kappa shape index (κ1) is 27.5. The lowest BCUT2D eigenvalue weighted by molar-refractivity contribution is 0.171. The summed E-state index contributed by atoms with van der Waals surface area (Å²) in [6, 6.07) is 12.3. The van der Waals surface area contributed by atoms with Gasteiger partial charge in [0.15, 0.2) is 23.2 Å². The molecule has 3 aromatic rings. The number of benzene rings is 3. The minimum absolute atomic E-state index is 0.0285. The van der Waals surface area contributed by atoms with Crippen molar-refractivity contribution >= 4 is 7.85 Å². The van der Waals surface area contributed by atoms with Crippen molar-refractivity contribution in [3.63, 3.8) is 0 Å². The molecule has 0 bridgehead atoms. The molecule has 0 aromatic heterocycles. The first-order valence-electron chi connectivity index (χ1n) is 13.9. The van der Waals surface area contributed by atoms with Crippen molar-refractivity contribution in [2.45, 2.75) is 57.3 Å². The topological polar surface area (TPSA) is 9.23 Å². The zero-order valence-corrected chi connectivity index (χ0v) is 22.1. The van der Waals surface area contributed by atoms with E-state index in [9.17, 15) is 8.78 Å². The lowest BCUT2D eigenvalue weighted by Crippen LogP contribution is -2.25. The quantitative estimate of drug-likeness (QED) is 0.167. The molecule has 5 rings (SSSR count). The molecule has 0 saturated heterocycles. The van der Waals surface area contributed by atoms with Crippen LogP contribution in [-0.2, 0) is 0 Å². The maximum absolute atomic E-state index is 15.3. The highest BCUT2D eigenvalue weighted by Crippen LogP contribution is 2.45. The largest absolute Gasteiger partial charge is 0.500 e. The summed E-state index contributed by atoms with van der Waals surface area (Å²) in [4.78, 5) is 0. The molecule has 2 radical (unpaired) electrons. The number of hydrogen-bond acceptors (Lipinski definition) is 1. The lowest BCUT2D eigenvalue weighted by atomic mass is 9.68. The molecule has 0 N–H and O–H groups in total. The summed E-state index contributed by atoms with van der Waals surface area (Å²) in [7, 11) is 5.25. The van der Waals surface area contributed by atoms with Crippen LogP contribution in [0.1, 0.15) is 62.8 Å². The third kappa shape index (κ3) is 5.66. The van der Waals surface area contributed by atoms with Crippen molar-refractivity contribution < 1.29 is 22.3 Å². The number of allylic oxidation sites excluding steroid dienone is 1. The molecule has 1 nitrogen and oxygen atoms in total. The predicted octanol–water partition coefficient (Wildman–Crippen LogP) is 9.35. The SMILES string of the molecule is [B]COc1ccc(-c2ccc(-c3ccc(C4CCC(C5CCC(C=C)CC5)CC4)c(F)c3F)cc2)c(F)c1F. The molecule has 6 heteroatoms. The van der Waals surface area contributed by atoms with Crippen molar-refractivity contribution in [3.05, 3.63) is 90.0 Å². The van der Waals surface area contributed by atoms with E-state index in [4.69, 9.17) is 12.6 Å². The van der Waals surface area contributed by atoms with Crippen LogP contribution in [0, 0.1) is 41.0 Å². The van der Waals surface area contributed by atoms with Gasteiger partial charge in [-0.3, -0.25) is 0 Å². The van der Waals surface area contributed by atoms with E-state index < -0.39 is 23.3 Å². The van der Waals surface area contributed by atoms with Gasteiger partial charge in [-0.05, 0) is 104 Å². The number of hydrogen-bond donors (Lipinski definition) is 0. The standard InChI is InChI=1S/C33H33BF4O/c1-2-20-3-5-21(6-4-20)22-7-9-23(10-8-22)26-15-16-27(31(36)30(26)35)24-11-13-25(14-12-24)28-17-18-29(39-19-34)33(38)32(28)37/h2,11-18,20-23H,1,3-10,19H2. The molecule has 2 aliphatic carbocycles. The highest BCUT2D eigenvalue weighted by Gasteiger charge is 2.32. The highest BCUT2D eigenvalue weighted by atomic mass is 19.2. The van der Waals surface area contributed by atoms with Crippen LogP contribution in [-0.4, -0.2) is 14.4 Å². The molecule has 3 aromatic carbocycles. The van der Waals surface area contributed by atoms with Crippen LogP contribution >= 0.6 is 0 Å². The van der Waals surface area contributed by atoms with Gasteiger partial charge >= 0.3 is 0 Å². The fourth-order valence-electron chi connectivity index (χ4n) is 6.64. The molecule has 0 amide bonds. The Morgan fingerprint density at radius 3 is 1.72 bits per heavy atom. The molecule has 2 fully saturated rings. The zero-order chi connectivity index (χ0) is 27.5. The van der Waals surface area contributed by atoms with Crippen molar-refractivity contribution in [2.75, 3.05) is 6.51 Å². The third-order valence-corrected chi connectivity index (χ3v) is 8.93. The van der Waals surface area contributed by atoms with E-state index in [-0.39, 0.29) is 29.3 Å². The van der Waals surface area contributed by atoms with Gasteiger partial charge < -0.3 is 4.74 Å². The first-order chi connectivity index (χ1) is 18.9. The van der Waals surface area contributed by atoms with Crippen LogP contribution in [0.3, 0.4) is 0 Å². The molecule has 2 saturated carbocycles. The second kappa shape index (κ2) is 12.0. The van der Waals surface area contributed by atoms with E-state index in [1.807, 2.05) is 0 Å². The monoisotopic (exact) mass is 532 g/mol. The van der Waals surface area contributed by atoms with Gasteiger partial charge in [-0.15, -0.1) is 6.58 Å². The van der Waals surface area contributed by atoms with Crippen LogP contribution in [0.4, 0.5) is 17.6 Å². The summed E-state index contributed by atoms with van der Waals surface area (Å²) in [5, 5.41) is 0. The second-order valence-electron chi connectivity index (χ2n) is 11.0. The van der Waals surface area contributed by atoms with Crippen molar-refractivity contribution in [1.29, 1.82) is 0 Å². The Kier molecular flexibility index (Phi) is 8.49. The fraction of sp³-hybridized carbons (Fsp3) is 0.394. The van der Waals surface area contributed by atoms with Gasteiger partial charge in [-0.25, -0.2) is 13.2 Å². The summed E-state index contributed by atoms with van der Waals surface area (Å²) < 4.78 is 64.3. The van der Waals surface area contributed by atoms with Gasteiger partial charge in [0, 0.05) is 17.6 Å². The first-order valence-corrected chi connectivity index (χ1v) is 13.9. The maximum atomic E-state index is 15.3. The van der Waals surface area contributed by atoms with Gasteiger partial charge in [0.25, 0.3) is 0 Å². The van der Waals surface area contributed by atoms with E-state index in [1.165, 1.54) is 37.8 Å². The smallest absolute Gasteiger partial charge is 0.201 e. The minimum atomic E-state index is -1.13. The molecular weight excluding hydrogens is 499 g/mol. The van der Waals surface area contributed by atoms with Gasteiger partial charge in [0.1, 0.15) is 7.85 Å². The summed E-state index contributed by atoms with van der Waals surface area (Å²) in [5.41, 5.74) is 1.51. The average Bonchev–Trinajstić information content (AvgIpc) is 2.97. The van der Waals surface area contributed by atoms with Crippen molar-refractivity contribution in [2.24, 2.45) is 17.8 Å². The van der Waals surface area contributed by atoms with Crippen molar-refractivity contribution in [3.8, 4) is 28.0 Å². The Morgan fingerprint density at radius 2 is 1.18 bits per heavy atom. The fourth-order valence-corrected chi connectivity index (χ4v) is 6.64. The van der Waals surface area contributed by atoms with Crippen molar-refractivity contribution in [1.82, 2.24) is 0 Å². The van der Waals surface area contributed by atoms with E-state index in [2.05, 4.69) is 12.7 Å². The molecule has 0 unspecified atom stereocenters. The average molecular weight is 532 g/mol. The van der Waals surface area contributed by atoms with Gasteiger partial charge in [0.2, 0.25) is 5.82 Å². The molecule has 0 heterocycles. The molecule has 2 aliphatic rings. The van der Waals surface area contributed by atoms with Crippen LogP contribution in [0.25, 0.3) is 22.3 Å². The Labute approximate surface area is 229 Å². The van der Waals surface area contributed by atoms with Crippen LogP contribution in [0.5, 0.6) is 5.75 Å². The van der Waals surface area contributed by atoms with Gasteiger partial charge in [-0.1, -0.05) is 42.5 Å². The maximum Gasteiger partial charge on any atom is 0.201 e. The minimum Gasteiger partial charge on any atom is -0.500 e.